The Bertz CT molecular complexity index is 1300. The molecule has 8 heteroatoms. The van der Waals surface area contributed by atoms with Crippen LogP contribution >= 0.6 is 0 Å². The number of hydrogen-bond acceptors (Lipinski definition) is 5. The van der Waals surface area contributed by atoms with Gasteiger partial charge in [0.25, 0.3) is 10.0 Å². The Morgan fingerprint density at radius 3 is 2.12 bits per heavy atom. The third-order valence-electron chi connectivity index (χ3n) is 8.72. The van der Waals surface area contributed by atoms with Crippen LogP contribution in [0, 0.1) is 29.6 Å². The normalized spacial score (nSPS) is 21.4. The van der Waals surface area contributed by atoms with E-state index >= 15 is 0 Å². The highest BCUT2D eigenvalue weighted by molar-refractivity contribution is 7.92. The number of nitrogens with zero attached hydrogens (tertiary/aromatic N) is 1. The van der Waals surface area contributed by atoms with Crippen molar-refractivity contribution in [2.24, 2.45) is 17.8 Å². The zero-order valence-corrected chi connectivity index (χ0v) is 25.1. The van der Waals surface area contributed by atoms with E-state index in [1.54, 1.807) is 6.07 Å². The summed E-state index contributed by atoms with van der Waals surface area (Å²) in [6.07, 6.45) is 21.3. The van der Waals surface area contributed by atoms with Gasteiger partial charge in [0.1, 0.15) is 16.3 Å². The molecule has 2 aliphatic rings. The number of ether oxygens (including phenoxy) is 1. The van der Waals surface area contributed by atoms with Crippen LogP contribution < -0.4 is 9.46 Å². The highest BCUT2D eigenvalue weighted by atomic mass is 32.2. The minimum Gasteiger partial charge on any atom is -0.495 e. The van der Waals surface area contributed by atoms with E-state index in [9.17, 15) is 13.2 Å². The highest BCUT2D eigenvalue weighted by Crippen LogP contribution is 2.36. The summed E-state index contributed by atoms with van der Waals surface area (Å²) in [5.41, 5.74) is 0.698. The summed E-state index contributed by atoms with van der Waals surface area (Å²) >= 11 is 0. The Kier molecular flexibility index (Phi) is 11.5. The molecular formula is C33H44N2O5S. The van der Waals surface area contributed by atoms with Gasteiger partial charge in [0.05, 0.1) is 18.4 Å². The van der Waals surface area contributed by atoms with Gasteiger partial charge in [-0.2, -0.15) is 0 Å². The van der Waals surface area contributed by atoms with Crippen LogP contribution in [0.4, 0.5) is 5.69 Å². The summed E-state index contributed by atoms with van der Waals surface area (Å²) in [6, 6.07) is 7.08. The Labute approximate surface area is 245 Å². The maximum absolute atomic E-state index is 12.9. The Balaban J connectivity index is 1.35. The Morgan fingerprint density at radius 1 is 0.878 bits per heavy atom. The molecule has 222 valence electrons. The molecule has 4 rings (SSSR count). The lowest BCUT2D eigenvalue weighted by atomic mass is 9.79. The number of aromatic nitrogens is 1. The quantitative estimate of drug-likeness (QED) is 0.340. The summed E-state index contributed by atoms with van der Waals surface area (Å²) in [5.74, 6) is 7.76. The van der Waals surface area contributed by atoms with Crippen molar-refractivity contribution in [3.8, 4) is 17.6 Å². The van der Waals surface area contributed by atoms with E-state index in [4.69, 9.17) is 9.84 Å². The maximum Gasteiger partial charge on any atom is 0.335 e. The molecule has 0 radical (unpaired) electrons. The molecule has 2 unspecified atom stereocenters. The van der Waals surface area contributed by atoms with Crippen LogP contribution in [0.1, 0.15) is 112 Å². The van der Waals surface area contributed by atoms with Crippen molar-refractivity contribution in [2.75, 3.05) is 11.8 Å². The smallest absolute Gasteiger partial charge is 0.335 e. The average molecular weight is 581 g/mol. The van der Waals surface area contributed by atoms with Crippen molar-refractivity contribution in [3.05, 3.63) is 47.8 Å². The fraction of sp³-hybridized carbons (Fsp3) is 0.576. The standard InChI is InChI=1S/C33H44N2O5S/c1-40-32-23-28(33(36)37)18-22-31(32)35-41(38,39)30-21-20-29(34-24-30)19-17-25-11-8-9-15-27(16-10-12-25)26-13-6-4-2-3-5-7-14-26/h18,20-27,35H,2-16H2,1H3,(H,36,37). The molecule has 2 aliphatic carbocycles. The maximum atomic E-state index is 12.9. The van der Waals surface area contributed by atoms with Gasteiger partial charge in [0.15, 0.2) is 0 Å². The third kappa shape index (κ3) is 9.22. The summed E-state index contributed by atoms with van der Waals surface area (Å²) in [4.78, 5) is 15.5. The van der Waals surface area contributed by atoms with Gasteiger partial charge in [-0.1, -0.05) is 89.4 Å². The van der Waals surface area contributed by atoms with Gasteiger partial charge in [-0.05, 0) is 60.9 Å². The van der Waals surface area contributed by atoms with Gasteiger partial charge in [0.2, 0.25) is 0 Å². The number of carboxylic acids is 1. The number of hydrogen-bond donors (Lipinski definition) is 2. The second kappa shape index (κ2) is 15.3. The SMILES string of the molecule is COc1cc(C(=O)O)ccc1NS(=O)(=O)c1ccc(C#CC2CCCCC(C3CCCCCCCC3)CCC2)nc1. The topological polar surface area (TPSA) is 106 Å². The third-order valence-corrected chi connectivity index (χ3v) is 10.1. The van der Waals surface area contributed by atoms with Gasteiger partial charge < -0.3 is 9.84 Å². The molecular weight excluding hydrogens is 536 g/mol. The molecule has 1 aromatic carbocycles. The summed E-state index contributed by atoms with van der Waals surface area (Å²) < 4.78 is 33.5. The number of methoxy groups -OCH3 is 1. The number of anilines is 1. The minimum absolute atomic E-state index is 0.000465. The molecule has 0 saturated heterocycles. The first-order valence-electron chi connectivity index (χ1n) is 15.3. The number of nitrogens with one attached hydrogen (secondary N) is 1. The first kappa shape index (κ1) is 30.9. The molecule has 7 nitrogen and oxygen atoms in total. The van der Waals surface area contributed by atoms with E-state index in [1.165, 1.54) is 121 Å². The molecule has 0 spiro atoms. The van der Waals surface area contributed by atoms with Crippen molar-refractivity contribution in [2.45, 2.75) is 101 Å². The van der Waals surface area contributed by atoms with Crippen LogP contribution in [0.2, 0.25) is 0 Å². The molecule has 2 saturated carbocycles. The van der Waals surface area contributed by atoms with Crippen LogP contribution in [-0.4, -0.2) is 31.6 Å². The number of aromatic carboxylic acids is 1. The van der Waals surface area contributed by atoms with Crippen molar-refractivity contribution in [1.82, 2.24) is 4.98 Å². The van der Waals surface area contributed by atoms with Crippen molar-refractivity contribution >= 4 is 21.7 Å². The predicted molar refractivity (Wildman–Crippen MR) is 162 cm³/mol. The second-order valence-corrected chi connectivity index (χ2v) is 13.3. The van der Waals surface area contributed by atoms with Gasteiger partial charge in [-0.15, -0.1) is 0 Å². The molecule has 0 aliphatic heterocycles. The number of sulfonamides is 1. The fourth-order valence-electron chi connectivity index (χ4n) is 6.37. The lowest BCUT2D eigenvalue weighted by Crippen LogP contribution is -2.15. The van der Waals surface area contributed by atoms with Crippen LogP contribution in [0.3, 0.4) is 0 Å². The summed E-state index contributed by atoms with van der Waals surface area (Å²) in [7, 11) is -2.60. The van der Waals surface area contributed by atoms with Crippen LogP contribution in [0.15, 0.2) is 41.4 Å². The van der Waals surface area contributed by atoms with Gasteiger partial charge in [-0.25, -0.2) is 18.2 Å². The molecule has 1 aromatic heterocycles. The van der Waals surface area contributed by atoms with Crippen LogP contribution in [0.5, 0.6) is 5.75 Å². The summed E-state index contributed by atoms with van der Waals surface area (Å²) in [6.45, 7) is 0. The second-order valence-electron chi connectivity index (χ2n) is 11.6. The molecule has 2 fully saturated rings. The predicted octanol–water partition coefficient (Wildman–Crippen LogP) is 7.67. The van der Waals surface area contributed by atoms with Gasteiger partial charge in [-0.3, -0.25) is 4.72 Å². The zero-order chi connectivity index (χ0) is 29.1. The van der Waals surface area contributed by atoms with Crippen molar-refractivity contribution in [3.63, 3.8) is 0 Å². The molecule has 2 N–H and O–H groups in total. The lowest BCUT2D eigenvalue weighted by molar-refractivity contribution is 0.0696. The summed E-state index contributed by atoms with van der Waals surface area (Å²) in [5, 5.41) is 9.17. The average Bonchev–Trinajstić information content (AvgIpc) is 3.18. The highest BCUT2D eigenvalue weighted by Gasteiger charge is 2.23. The monoisotopic (exact) mass is 580 g/mol. The van der Waals surface area contributed by atoms with Crippen LogP contribution in [0.25, 0.3) is 0 Å². The number of pyridine rings is 1. The van der Waals surface area contributed by atoms with E-state index in [0.29, 0.717) is 11.6 Å². The Hall–Kier alpha value is -3.05. The van der Waals surface area contributed by atoms with Crippen LogP contribution in [-0.2, 0) is 10.0 Å². The minimum atomic E-state index is -3.95. The number of carboxylic acid groups (broad SMARTS) is 1. The van der Waals surface area contributed by atoms with E-state index in [2.05, 4.69) is 21.5 Å². The van der Waals surface area contributed by atoms with E-state index in [-0.39, 0.29) is 21.9 Å². The molecule has 1 heterocycles. The molecule has 2 aromatic rings. The molecule has 41 heavy (non-hydrogen) atoms. The van der Waals surface area contributed by atoms with Gasteiger partial charge >= 0.3 is 5.97 Å². The van der Waals surface area contributed by atoms with E-state index in [1.807, 2.05) is 0 Å². The molecule has 0 amide bonds. The fourth-order valence-corrected chi connectivity index (χ4v) is 7.38. The molecule has 2 atom stereocenters. The van der Waals surface area contributed by atoms with E-state index in [0.717, 1.165) is 24.7 Å². The lowest BCUT2D eigenvalue weighted by Gasteiger charge is -2.27. The first-order valence-corrected chi connectivity index (χ1v) is 16.8. The van der Waals surface area contributed by atoms with Crippen molar-refractivity contribution < 1.29 is 23.1 Å². The Morgan fingerprint density at radius 2 is 1.49 bits per heavy atom. The first-order chi connectivity index (χ1) is 19.9. The molecule has 0 bridgehead atoms. The number of carbonyl (C=O) groups is 1. The largest absolute Gasteiger partial charge is 0.495 e. The number of rotatable bonds is 6. The van der Waals surface area contributed by atoms with Gasteiger partial charge in [0, 0.05) is 12.1 Å². The van der Waals surface area contributed by atoms with Crippen molar-refractivity contribution in [1.29, 1.82) is 0 Å². The zero-order valence-electron chi connectivity index (χ0n) is 24.2. The number of benzene rings is 1. The van der Waals surface area contributed by atoms with E-state index < -0.39 is 16.0 Å².